The third-order valence-corrected chi connectivity index (χ3v) is 3.83. The van der Waals surface area contributed by atoms with Crippen molar-refractivity contribution in [1.29, 1.82) is 0 Å². The number of hydrogen-bond acceptors (Lipinski definition) is 4. The Labute approximate surface area is 147 Å². The molecule has 1 aromatic carbocycles. The van der Waals surface area contributed by atoms with Crippen LogP contribution in [0.15, 0.2) is 24.3 Å². The summed E-state index contributed by atoms with van der Waals surface area (Å²) in [7, 11) is 0. The van der Waals surface area contributed by atoms with E-state index < -0.39 is 0 Å². The first kappa shape index (κ1) is 17.8. The van der Waals surface area contributed by atoms with Crippen molar-refractivity contribution in [2.75, 3.05) is 23.7 Å². The Balaban J connectivity index is 1.94. The predicted molar refractivity (Wildman–Crippen MR) is 98.8 cm³/mol. The second-order valence-corrected chi connectivity index (χ2v) is 6.72. The standard InChI is InChI=1S/C17H22Cl2N4/c1-11(2)10-21-17-9-16(22-12(3)23-17)20-7-6-13-4-5-14(18)8-15(13)19/h4-5,8-9,11H,6-7,10H2,1-3H3,(H2,20,21,22,23). The minimum atomic E-state index is 0.564. The van der Waals surface area contributed by atoms with Crippen molar-refractivity contribution in [3.63, 3.8) is 0 Å². The maximum Gasteiger partial charge on any atom is 0.131 e. The van der Waals surface area contributed by atoms with Gasteiger partial charge in [-0.2, -0.15) is 0 Å². The Kier molecular flexibility index (Phi) is 6.48. The smallest absolute Gasteiger partial charge is 0.131 e. The summed E-state index contributed by atoms with van der Waals surface area (Å²) >= 11 is 12.1. The van der Waals surface area contributed by atoms with Gasteiger partial charge in [-0.3, -0.25) is 0 Å². The number of aryl methyl sites for hydroxylation is 1. The van der Waals surface area contributed by atoms with Crippen molar-refractivity contribution in [2.24, 2.45) is 5.92 Å². The highest BCUT2D eigenvalue weighted by molar-refractivity contribution is 6.35. The zero-order valence-electron chi connectivity index (χ0n) is 13.7. The van der Waals surface area contributed by atoms with E-state index in [1.54, 1.807) is 6.07 Å². The van der Waals surface area contributed by atoms with E-state index in [1.807, 2.05) is 25.1 Å². The summed E-state index contributed by atoms with van der Waals surface area (Å²) in [5, 5.41) is 7.99. The molecular weight excluding hydrogens is 331 g/mol. The van der Waals surface area contributed by atoms with E-state index in [1.165, 1.54) is 0 Å². The van der Waals surface area contributed by atoms with Gasteiger partial charge in [0, 0.05) is 29.2 Å². The first-order valence-electron chi connectivity index (χ1n) is 7.71. The van der Waals surface area contributed by atoms with Gasteiger partial charge in [-0.1, -0.05) is 43.1 Å². The number of halogens is 2. The lowest BCUT2D eigenvalue weighted by Crippen LogP contribution is -2.12. The zero-order chi connectivity index (χ0) is 16.8. The first-order chi connectivity index (χ1) is 10.9. The molecule has 2 aromatic rings. The average Bonchev–Trinajstić information content (AvgIpc) is 2.47. The summed E-state index contributed by atoms with van der Waals surface area (Å²) in [5.74, 6) is 2.96. The molecule has 0 amide bonds. The second kappa shape index (κ2) is 8.37. The van der Waals surface area contributed by atoms with Crippen LogP contribution >= 0.6 is 23.2 Å². The molecule has 0 spiro atoms. The third-order valence-electron chi connectivity index (χ3n) is 3.24. The predicted octanol–water partition coefficient (Wildman–Crippen LogP) is 4.81. The van der Waals surface area contributed by atoms with Crippen molar-refractivity contribution in [1.82, 2.24) is 9.97 Å². The Hall–Kier alpha value is -1.52. The van der Waals surface area contributed by atoms with E-state index in [4.69, 9.17) is 23.2 Å². The van der Waals surface area contributed by atoms with Crippen LogP contribution in [0, 0.1) is 12.8 Å². The molecule has 0 aliphatic carbocycles. The molecule has 0 unspecified atom stereocenters. The number of nitrogens with one attached hydrogen (secondary N) is 2. The van der Waals surface area contributed by atoms with E-state index in [0.717, 1.165) is 42.5 Å². The van der Waals surface area contributed by atoms with Gasteiger partial charge in [0.25, 0.3) is 0 Å². The lowest BCUT2D eigenvalue weighted by Gasteiger charge is -2.12. The van der Waals surface area contributed by atoms with Crippen LogP contribution in [-0.4, -0.2) is 23.1 Å². The Bertz CT molecular complexity index is 659. The Morgan fingerprint density at radius 2 is 1.74 bits per heavy atom. The maximum atomic E-state index is 6.18. The van der Waals surface area contributed by atoms with Gasteiger partial charge in [0.1, 0.15) is 17.5 Å². The summed E-state index contributed by atoms with van der Waals surface area (Å²) in [5.41, 5.74) is 1.06. The van der Waals surface area contributed by atoms with Crippen molar-refractivity contribution in [3.8, 4) is 0 Å². The fourth-order valence-corrected chi connectivity index (χ4v) is 2.61. The van der Waals surface area contributed by atoms with E-state index in [-0.39, 0.29) is 0 Å². The molecule has 0 radical (unpaired) electrons. The topological polar surface area (TPSA) is 49.8 Å². The van der Waals surface area contributed by atoms with Crippen LogP contribution in [0.4, 0.5) is 11.6 Å². The number of anilines is 2. The van der Waals surface area contributed by atoms with Crippen LogP contribution in [0.2, 0.25) is 10.0 Å². The minimum absolute atomic E-state index is 0.564. The molecule has 0 aliphatic heterocycles. The molecule has 1 heterocycles. The molecular formula is C17H22Cl2N4. The normalized spacial score (nSPS) is 10.9. The summed E-state index contributed by atoms with van der Waals surface area (Å²) in [6.07, 6.45) is 0.799. The van der Waals surface area contributed by atoms with E-state index in [2.05, 4.69) is 34.4 Å². The third kappa shape index (κ3) is 5.88. The Morgan fingerprint density at radius 1 is 1.04 bits per heavy atom. The minimum Gasteiger partial charge on any atom is -0.370 e. The molecule has 23 heavy (non-hydrogen) atoms. The molecule has 0 saturated heterocycles. The van der Waals surface area contributed by atoms with Gasteiger partial charge in [-0.25, -0.2) is 9.97 Å². The van der Waals surface area contributed by atoms with Crippen molar-refractivity contribution >= 4 is 34.8 Å². The number of benzene rings is 1. The number of aromatic nitrogens is 2. The molecule has 1 aromatic heterocycles. The highest BCUT2D eigenvalue weighted by atomic mass is 35.5. The van der Waals surface area contributed by atoms with Crippen LogP contribution in [0.25, 0.3) is 0 Å². The number of nitrogens with zero attached hydrogens (tertiary/aromatic N) is 2. The summed E-state index contributed by atoms with van der Waals surface area (Å²) in [6.45, 7) is 7.84. The maximum absolute atomic E-state index is 6.18. The van der Waals surface area contributed by atoms with E-state index in [9.17, 15) is 0 Å². The molecule has 4 nitrogen and oxygen atoms in total. The molecule has 0 aliphatic rings. The van der Waals surface area contributed by atoms with Crippen LogP contribution in [0.5, 0.6) is 0 Å². The van der Waals surface area contributed by atoms with E-state index in [0.29, 0.717) is 16.0 Å². The molecule has 2 rings (SSSR count). The second-order valence-electron chi connectivity index (χ2n) is 5.87. The van der Waals surface area contributed by atoms with Crippen molar-refractivity contribution < 1.29 is 0 Å². The largest absolute Gasteiger partial charge is 0.370 e. The highest BCUT2D eigenvalue weighted by Gasteiger charge is 2.04. The van der Waals surface area contributed by atoms with Gasteiger partial charge in [0.05, 0.1) is 0 Å². The van der Waals surface area contributed by atoms with Crippen LogP contribution < -0.4 is 10.6 Å². The van der Waals surface area contributed by atoms with Gasteiger partial charge in [-0.05, 0) is 37.0 Å². The fraction of sp³-hybridized carbons (Fsp3) is 0.412. The van der Waals surface area contributed by atoms with Crippen molar-refractivity contribution in [3.05, 3.63) is 45.7 Å². The Morgan fingerprint density at radius 3 is 2.39 bits per heavy atom. The van der Waals surface area contributed by atoms with E-state index >= 15 is 0 Å². The van der Waals surface area contributed by atoms with Gasteiger partial charge in [0.15, 0.2) is 0 Å². The van der Waals surface area contributed by atoms with Gasteiger partial charge >= 0.3 is 0 Å². The number of rotatable bonds is 7. The van der Waals surface area contributed by atoms with Gasteiger partial charge in [-0.15, -0.1) is 0 Å². The summed E-state index contributed by atoms with van der Waals surface area (Å²) in [4.78, 5) is 8.81. The zero-order valence-corrected chi connectivity index (χ0v) is 15.2. The molecule has 124 valence electrons. The molecule has 6 heteroatoms. The highest BCUT2D eigenvalue weighted by Crippen LogP contribution is 2.21. The van der Waals surface area contributed by atoms with Gasteiger partial charge < -0.3 is 10.6 Å². The average molecular weight is 353 g/mol. The monoisotopic (exact) mass is 352 g/mol. The van der Waals surface area contributed by atoms with Gasteiger partial charge in [0.2, 0.25) is 0 Å². The lowest BCUT2D eigenvalue weighted by atomic mass is 10.1. The first-order valence-corrected chi connectivity index (χ1v) is 8.47. The van der Waals surface area contributed by atoms with Crippen LogP contribution in [0.3, 0.4) is 0 Å². The lowest BCUT2D eigenvalue weighted by molar-refractivity contribution is 0.686. The SMILES string of the molecule is Cc1nc(NCCc2ccc(Cl)cc2Cl)cc(NCC(C)C)n1. The molecule has 0 bridgehead atoms. The summed E-state index contributed by atoms with van der Waals surface area (Å²) in [6, 6.07) is 7.50. The van der Waals surface area contributed by atoms with Crippen LogP contribution in [-0.2, 0) is 6.42 Å². The molecule has 0 saturated carbocycles. The molecule has 2 N–H and O–H groups in total. The number of hydrogen-bond donors (Lipinski definition) is 2. The summed E-state index contributed by atoms with van der Waals surface area (Å²) < 4.78 is 0. The molecule has 0 fully saturated rings. The quantitative estimate of drug-likeness (QED) is 0.750. The fourth-order valence-electron chi connectivity index (χ4n) is 2.11. The van der Waals surface area contributed by atoms with Crippen LogP contribution in [0.1, 0.15) is 25.2 Å². The van der Waals surface area contributed by atoms with Crippen molar-refractivity contribution in [2.45, 2.75) is 27.2 Å². The molecule has 0 atom stereocenters.